The second-order valence-electron chi connectivity index (χ2n) is 8.16. The van der Waals surface area contributed by atoms with Crippen LogP contribution in [0.25, 0.3) is 5.70 Å². The molecule has 0 saturated heterocycles. The molecule has 1 amide bonds. The SMILES string of the molecule is CCOCC1=C(c2ccc3c(c2)CN([C@H](CN)Cc2cc(F)cc(F)c2)C3=O)N(C)NC1. The van der Waals surface area contributed by atoms with Gasteiger partial charge in [0.25, 0.3) is 5.91 Å². The minimum absolute atomic E-state index is 0.111. The van der Waals surface area contributed by atoms with Gasteiger partial charge in [-0.1, -0.05) is 6.07 Å². The largest absolute Gasteiger partial charge is 0.377 e. The molecule has 4 rings (SSSR count). The normalized spacial score (nSPS) is 16.8. The van der Waals surface area contributed by atoms with Gasteiger partial charge in [-0.05, 0) is 59.9 Å². The third-order valence-electron chi connectivity index (χ3n) is 6.00. The molecule has 0 aromatic heterocycles. The van der Waals surface area contributed by atoms with Crippen LogP contribution in [0, 0.1) is 11.6 Å². The fourth-order valence-electron chi connectivity index (χ4n) is 4.46. The van der Waals surface area contributed by atoms with Crippen LogP contribution in [0.15, 0.2) is 42.0 Å². The van der Waals surface area contributed by atoms with E-state index in [1.165, 1.54) is 12.1 Å². The monoisotopic (exact) mass is 442 g/mol. The van der Waals surface area contributed by atoms with E-state index in [4.69, 9.17) is 10.5 Å². The molecule has 0 fully saturated rings. The van der Waals surface area contributed by atoms with E-state index in [-0.39, 0.29) is 24.9 Å². The van der Waals surface area contributed by atoms with Gasteiger partial charge in [0.1, 0.15) is 11.6 Å². The van der Waals surface area contributed by atoms with Crippen molar-refractivity contribution in [2.75, 3.05) is 33.4 Å². The van der Waals surface area contributed by atoms with Gasteiger partial charge >= 0.3 is 0 Å². The van der Waals surface area contributed by atoms with Crippen LogP contribution in [-0.2, 0) is 17.7 Å². The molecule has 2 aliphatic heterocycles. The number of carbonyl (C=O) groups excluding carboxylic acids is 1. The Kier molecular flexibility index (Phi) is 6.55. The summed E-state index contributed by atoms with van der Waals surface area (Å²) in [5.74, 6) is -1.39. The van der Waals surface area contributed by atoms with Gasteiger partial charge in [-0.2, -0.15) is 0 Å². The summed E-state index contributed by atoms with van der Waals surface area (Å²) >= 11 is 0. The molecule has 0 spiro atoms. The predicted octanol–water partition coefficient (Wildman–Crippen LogP) is 2.69. The molecule has 2 aromatic carbocycles. The first kappa shape index (κ1) is 22.4. The van der Waals surface area contributed by atoms with Crippen LogP contribution in [0.4, 0.5) is 8.78 Å². The number of fused-ring (bicyclic) bond motifs is 1. The molecule has 0 unspecified atom stereocenters. The van der Waals surface area contributed by atoms with Crippen LogP contribution in [0.2, 0.25) is 0 Å². The summed E-state index contributed by atoms with van der Waals surface area (Å²) in [7, 11) is 1.96. The molecule has 0 bridgehead atoms. The number of nitrogens with two attached hydrogens (primary N) is 1. The van der Waals surface area contributed by atoms with Crippen molar-refractivity contribution in [3.05, 3.63) is 75.9 Å². The number of hydrogen-bond acceptors (Lipinski definition) is 5. The van der Waals surface area contributed by atoms with Gasteiger partial charge in [-0.15, -0.1) is 0 Å². The van der Waals surface area contributed by atoms with Gasteiger partial charge in [0, 0.05) is 51.0 Å². The Balaban J connectivity index is 1.58. The Hall–Kier alpha value is -2.81. The summed E-state index contributed by atoms with van der Waals surface area (Å²) in [5.41, 5.74) is 14.5. The number of hydrazine groups is 1. The minimum Gasteiger partial charge on any atom is -0.377 e. The number of halogens is 2. The van der Waals surface area contributed by atoms with Gasteiger partial charge in [0.15, 0.2) is 0 Å². The zero-order valence-corrected chi connectivity index (χ0v) is 18.3. The highest BCUT2D eigenvalue weighted by atomic mass is 19.1. The summed E-state index contributed by atoms with van der Waals surface area (Å²) in [6, 6.07) is 8.88. The van der Waals surface area contributed by atoms with E-state index >= 15 is 0 Å². The zero-order chi connectivity index (χ0) is 22.8. The number of amides is 1. The molecule has 2 aliphatic rings. The number of benzene rings is 2. The number of carbonyl (C=O) groups is 1. The minimum atomic E-state index is -0.637. The van der Waals surface area contributed by atoms with Crippen molar-refractivity contribution in [2.24, 2.45) is 5.73 Å². The number of nitrogens with one attached hydrogen (secondary N) is 1. The predicted molar refractivity (Wildman–Crippen MR) is 118 cm³/mol. The molecule has 2 aromatic rings. The first-order chi connectivity index (χ1) is 15.4. The lowest BCUT2D eigenvalue weighted by Crippen LogP contribution is -2.42. The molecule has 8 heteroatoms. The van der Waals surface area contributed by atoms with Crippen LogP contribution in [0.3, 0.4) is 0 Å². The van der Waals surface area contributed by atoms with Gasteiger partial charge in [0.2, 0.25) is 0 Å². The number of nitrogens with zero attached hydrogens (tertiary/aromatic N) is 2. The fourth-order valence-corrected chi connectivity index (χ4v) is 4.46. The highest BCUT2D eigenvalue weighted by molar-refractivity contribution is 5.99. The molecular weight excluding hydrogens is 414 g/mol. The van der Waals surface area contributed by atoms with E-state index in [0.717, 1.165) is 28.5 Å². The summed E-state index contributed by atoms with van der Waals surface area (Å²) in [4.78, 5) is 14.8. The number of rotatable bonds is 8. The highest BCUT2D eigenvalue weighted by Crippen LogP contribution is 2.31. The van der Waals surface area contributed by atoms with Crippen molar-refractivity contribution in [1.82, 2.24) is 15.3 Å². The first-order valence-corrected chi connectivity index (χ1v) is 10.8. The van der Waals surface area contributed by atoms with E-state index in [1.54, 1.807) is 4.90 Å². The molecule has 3 N–H and O–H groups in total. The van der Waals surface area contributed by atoms with E-state index in [9.17, 15) is 13.6 Å². The van der Waals surface area contributed by atoms with Crippen LogP contribution in [-0.4, -0.2) is 55.2 Å². The van der Waals surface area contributed by atoms with Crippen molar-refractivity contribution in [2.45, 2.75) is 25.9 Å². The second kappa shape index (κ2) is 9.36. The molecule has 1 atom stereocenters. The lowest BCUT2D eigenvalue weighted by atomic mass is 10.0. The fraction of sp³-hybridized carbons (Fsp3) is 0.375. The van der Waals surface area contributed by atoms with Gasteiger partial charge in [-0.3, -0.25) is 4.79 Å². The molecule has 170 valence electrons. The Morgan fingerprint density at radius 2 is 1.94 bits per heavy atom. The molecular formula is C24H28F2N4O2. The van der Waals surface area contributed by atoms with Crippen molar-refractivity contribution < 1.29 is 18.3 Å². The summed E-state index contributed by atoms with van der Waals surface area (Å²) < 4.78 is 32.8. The van der Waals surface area contributed by atoms with E-state index in [0.29, 0.717) is 37.4 Å². The Labute approximate surface area is 186 Å². The van der Waals surface area contributed by atoms with Crippen LogP contribution in [0.1, 0.15) is 34.0 Å². The quantitative estimate of drug-likeness (QED) is 0.658. The van der Waals surface area contributed by atoms with E-state index in [1.807, 2.05) is 37.2 Å². The topological polar surface area (TPSA) is 70.8 Å². The lowest BCUT2D eigenvalue weighted by Gasteiger charge is -2.26. The van der Waals surface area contributed by atoms with E-state index in [2.05, 4.69) is 5.43 Å². The first-order valence-electron chi connectivity index (χ1n) is 10.8. The second-order valence-corrected chi connectivity index (χ2v) is 8.16. The molecule has 2 heterocycles. The van der Waals surface area contributed by atoms with Gasteiger partial charge in [-0.25, -0.2) is 14.2 Å². The maximum Gasteiger partial charge on any atom is 0.254 e. The molecule has 0 radical (unpaired) electrons. The Morgan fingerprint density at radius 3 is 2.62 bits per heavy atom. The van der Waals surface area contributed by atoms with Crippen molar-refractivity contribution in [3.63, 3.8) is 0 Å². The molecule has 32 heavy (non-hydrogen) atoms. The van der Waals surface area contributed by atoms with Gasteiger partial charge in [0.05, 0.1) is 12.3 Å². The summed E-state index contributed by atoms with van der Waals surface area (Å²) in [6.07, 6.45) is 0.286. The lowest BCUT2D eigenvalue weighted by molar-refractivity contribution is 0.0708. The van der Waals surface area contributed by atoms with Crippen LogP contribution in [0.5, 0.6) is 0 Å². The van der Waals surface area contributed by atoms with Crippen LogP contribution >= 0.6 is 0 Å². The molecule has 0 aliphatic carbocycles. The van der Waals surface area contributed by atoms with Crippen molar-refractivity contribution in [3.8, 4) is 0 Å². The Bertz CT molecular complexity index is 1040. The average molecular weight is 443 g/mol. The highest BCUT2D eigenvalue weighted by Gasteiger charge is 2.33. The van der Waals surface area contributed by atoms with Crippen molar-refractivity contribution >= 4 is 11.6 Å². The summed E-state index contributed by atoms with van der Waals surface area (Å²) in [6.45, 7) is 4.48. The van der Waals surface area contributed by atoms with Crippen molar-refractivity contribution in [1.29, 1.82) is 0 Å². The van der Waals surface area contributed by atoms with E-state index < -0.39 is 11.6 Å². The third-order valence-corrected chi connectivity index (χ3v) is 6.00. The van der Waals surface area contributed by atoms with Gasteiger partial charge < -0.3 is 20.4 Å². The molecule has 6 nitrogen and oxygen atoms in total. The average Bonchev–Trinajstić information content (AvgIpc) is 3.29. The number of ether oxygens (including phenoxy) is 1. The standard InChI is InChI=1S/C24H28F2N4O2/c1-3-32-14-18-12-28-29(2)23(18)16-4-5-22-17(9-16)13-30(24(22)31)21(11-27)8-15-6-19(25)10-20(26)7-15/h4-7,9-10,21,28H,3,8,11-14,27H2,1-2H3/t21-/m0/s1. The Morgan fingerprint density at radius 1 is 1.19 bits per heavy atom. The number of hydrogen-bond donors (Lipinski definition) is 2. The van der Waals surface area contributed by atoms with Crippen LogP contribution < -0.4 is 11.2 Å². The zero-order valence-electron chi connectivity index (χ0n) is 18.3. The third kappa shape index (κ3) is 4.39. The summed E-state index contributed by atoms with van der Waals surface area (Å²) in [5, 5.41) is 1.98. The maximum atomic E-state index is 13.6. The molecule has 0 saturated carbocycles. The maximum absolute atomic E-state index is 13.6. The smallest absolute Gasteiger partial charge is 0.254 e.